The van der Waals surface area contributed by atoms with E-state index in [-0.39, 0.29) is 17.8 Å². The van der Waals surface area contributed by atoms with Crippen molar-refractivity contribution in [3.05, 3.63) is 83.1 Å². The number of amides is 1. The molecule has 0 bridgehead atoms. The fraction of sp³-hybridized carbons (Fsp3) is 0.318. The first kappa shape index (κ1) is 18.3. The van der Waals surface area contributed by atoms with Crippen molar-refractivity contribution in [1.82, 2.24) is 14.9 Å². The molecule has 0 unspecified atom stereocenters. The van der Waals surface area contributed by atoms with Gasteiger partial charge in [0.1, 0.15) is 23.3 Å². The number of nitrogens with zero attached hydrogens (tertiary/aromatic N) is 3. The Bertz CT molecular complexity index is 968. The topological polar surface area (TPSA) is 59.2 Å². The Hall–Kier alpha value is -3.02. The van der Waals surface area contributed by atoms with Crippen molar-refractivity contribution in [2.75, 3.05) is 6.54 Å². The number of benzene rings is 1. The monoisotopic (exact) mass is 379 g/mol. The highest BCUT2D eigenvalue weighted by Gasteiger charge is 2.33. The molecule has 1 aliphatic heterocycles. The minimum absolute atomic E-state index is 0.0823. The summed E-state index contributed by atoms with van der Waals surface area (Å²) >= 11 is 0. The second kappa shape index (κ2) is 7.92. The number of likely N-dealkylation sites (tertiary alicyclic amines) is 1. The van der Waals surface area contributed by atoms with Crippen molar-refractivity contribution >= 4 is 5.91 Å². The molecule has 1 atom stereocenters. The van der Waals surface area contributed by atoms with Crippen molar-refractivity contribution in [3.8, 4) is 0 Å². The third-order valence-corrected chi connectivity index (χ3v) is 5.12. The maximum Gasteiger partial charge on any atom is 0.273 e. The van der Waals surface area contributed by atoms with Crippen molar-refractivity contribution in [3.63, 3.8) is 0 Å². The van der Waals surface area contributed by atoms with Gasteiger partial charge in [-0.15, -0.1) is 0 Å². The van der Waals surface area contributed by atoms with Gasteiger partial charge in [-0.3, -0.25) is 9.78 Å². The normalized spacial score (nSPS) is 16.9. The largest absolute Gasteiger partial charge is 0.443 e. The lowest BCUT2D eigenvalue weighted by Gasteiger charge is -2.33. The molecule has 0 saturated carbocycles. The van der Waals surface area contributed by atoms with Gasteiger partial charge in [0.05, 0.1) is 6.20 Å². The predicted molar refractivity (Wildman–Crippen MR) is 102 cm³/mol. The second-order valence-corrected chi connectivity index (χ2v) is 7.15. The van der Waals surface area contributed by atoms with Gasteiger partial charge >= 0.3 is 0 Å². The minimum Gasteiger partial charge on any atom is -0.443 e. The summed E-state index contributed by atoms with van der Waals surface area (Å²) in [5.74, 6) is 0.914. The Morgan fingerprint density at radius 1 is 1.21 bits per heavy atom. The average Bonchev–Trinajstić information content (AvgIpc) is 3.18. The first-order valence-electron chi connectivity index (χ1n) is 9.53. The van der Waals surface area contributed by atoms with Crippen molar-refractivity contribution in [2.45, 2.75) is 38.6 Å². The molecule has 6 heteroatoms. The summed E-state index contributed by atoms with van der Waals surface area (Å²) in [5.41, 5.74) is 2.29. The molecule has 1 amide bonds. The van der Waals surface area contributed by atoms with Crippen LogP contribution in [0.3, 0.4) is 0 Å². The second-order valence-electron chi connectivity index (χ2n) is 7.15. The molecule has 0 N–H and O–H groups in total. The summed E-state index contributed by atoms with van der Waals surface area (Å²) in [4.78, 5) is 23.6. The van der Waals surface area contributed by atoms with E-state index in [4.69, 9.17) is 4.42 Å². The van der Waals surface area contributed by atoms with Gasteiger partial charge in [0.25, 0.3) is 5.91 Å². The van der Waals surface area contributed by atoms with Gasteiger partial charge < -0.3 is 9.32 Å². The molecule has 0 radical (unpaired) electrons. The van der Waals surface area contributed by atoms with Crippen molar-refractivity contribution in [1.29, 1.82) is 0 Å². The summed E-state index contributed by atoms with van der Waals surface area (Å²) in [5, 5.41) is 0. The predicted octanol–water partition coefficient (Wildman–Crippen LogP) is 4.48. The van der Waals surface area contributed by atoms with Crippen LogP contribution in [0.25, 0.3) is 0 Å². The van der Waals surface area contributed by atoms with Crippen LogP contribution in [-0.4, -0.2) is 27.3 Å². The molecule has 28 heavy (non-hydrogen) atoms. The van der Waals surface area contributed by atoms with E-state index in [9.17, 15) is 9.18 Å². The molecule has 2 aromatic heterocycles. The van der Waals surface area contributed by atoms with Crippen LogP contribution in [0.2, 0.25) is 0 Å². The molecule has 3 aromatic rings. The van der Waals surface area contributed by atoms with Crippen LogP contribution in [0.1, 0.15) is 58.6 Å². The molecule has 5 nitrogen and oxygen atoms in total. The average molecular weight is 379 g/mol. The van der Waals surface area contributed by atoms with Gasteiger partial charge in [0, 0.05) is 19.2 Å². The molecule has 1 aliphatic rings. The zero-order chi connectivity index (χ0) is 19.5. The molecule has 1 saturated heterocycles. The summed E-state index contributed by atoms with van der Waals surface area (Å²) < 4.78 is 19.1. The molecule has 1 fully saturated rings. The number of carbonyl (C=O) groups is 1. The van der Waals surface area contributed by atoms with Crippen LogP contribution in [0, 0.1) is 12.7 Å². The quantitative estimate of drug-likeness (QED) is 0.671. The fourth-order valence-corrected chi connectivity index (χ4v) is 3.64. The third kappa shape index (κ3) is 3.81. The highest BCUT2D eigenvalue weighted by molar-refractivity contribution is 5.93. The Kier molecular flexibility index (Phi) is 5.19. The number of piperidine rings is 1. The van der Waals surface area contributed by atoms with Crippen LogP contribution in [0.15, 0.2) is 53.2 Å². The Morgan fingerprint density at radius 2 is 2.04 bits per heavy atom. The maximum atomic E-state index is 13.1. The van der Waals surface area contributed by atoms with E-state index in [1.165, 1.54) is 12.1 Å². The first-order valence-corrected chi connectivity index (χ1v) is 9.53. The lowest BCUT2D eigenvalue weighted by atomic mass is 10.0. The lowest BCUT2D eigenvalue weighted by molar-refractivity contribution is 0.0563. The zero-order valence-electron chi connectivity index (χ0n) is 15.8. The minimum atomic E-state index is -0.261. The third-order valence-electron chi connectivity index (χ3n) is 5.12. The van der Waals surface area contributed by atoms with E-state index >= 15 is 0 Å². The van der Waals surface area contributed by atoms with Gasteiger partial charge in [-0.1, -0.05) is 18.2 Å². The number of hydrogen-bond acceptors (Lipinski definition) is 4. The van der Waals surface area contributed by atoms with Crippen molar-refractivity contribution < 1.29 is 13.6 Å². The van der Waals surface area contributed by atoms with Crippen LogP contribution in [0.4, 0.5) is 4.39 Å². The number of rotatable bonds is 4. The van der Waals surface area contributed by atoms with E-state index in [1.807, 2.05) is 24.0 Å². The summed E-state index contributed by atoms with van der Waals surface area (Å²) in [6, 6.07) is 9.87. The molecular weight excluding hydrogens is 357 g/mol. The zero-order valence-corrected chi connectivity index (χ0v) is 15.8. The Labute approximate surface area is 163 Å². The van der Waals surface area contributed by atoms with Crippen LogP contribution in [-0.2, 0) is 6.42 Å². The van der Waals surface area contributed by atoms with E-state index in [0.717, 1.165) is 30.4 Å². The number of hydrogen-bond donors (Lipinski definition) is 0. The highest BCUT2D eigenvalue weighted by atomic mass is 19.1. The lowest BCUT2D eigenvalue weighted by Crippen LogP contribution is -2.39. The van der Waals surface area contributed by atoms with Gasteiger partial charge in [-0.2, -0.15) is 0 Å². The number of carbonyl (C=O) groups excluding carboxylic acids is 1. The van der Waals surface area contributed by atoms with Crippen LogP contribution >= 0.6 is 0 Å². The van der Waals surface area contributed by atoms with Crippen LogP contribution in [0.5, 0.6) is 0 Å². The standard InChI is InChI=1S/C22H22FN3O2/c1-15-5-4-11-24-20(15)22(27)26-12-3-2-6-19(26)21-25-14-18(28-21)13-16-7-9-17(23)10-8-16/h4-5,7-11,14,19H,2-3,6,12-13H2,1H3/t19-/m0/s1. The van der Waals surface area contributed by atoms with Gasteiger partial charge in [0.15, 0.2) is 0 Å². The van der Waals surface area contributed by atoms with Crippen molar-refractivity contribution in [2.24, 2.45) is 0 Å². The number of aromatic nitrogens is 2. The van der Waals surface area contributed by atoms with E-state index in [0.29, 0.717) is 30.3 Å². The smallest absolute Gasteiger partial charge is 0.273 e. The summed E-state index contributed by atoms with van der Waals surface area (Å²) in [6.45, 7) is 2.56. The van der Waals surface area contributed by atoms with Gasteiger partial charge in [-0.25, -0.2) is 9.37 Å². The van der Waals surface area contributed by atoms with Gasteiger partial charge in [-0.05, 0) is 55.5 Å². The molecule has 4 rings (SSSR count). The molecular formula is C22H22FN3O2. The summed E-state index contributed by atoms with van der Waals surface area (Å²) in [7, 11) is 0. The fourth-order valence-electron chi connectivity index (χ4n) is 3.64. The number of pyridine rings is 1. The highest BCUT2D eigenvalue weighted by Crippen LogP contribution is 2.32. The Balaban J connectivity index is 1.55. The van der Waals surface area contributed by atoms with Crippen LogP contribution < -0.4 is 0 Å². The molecule has 3 heterocycles. The summed E-state index contributed by atoms with van der Waals surface area (Å²) in [6.07, 6.45) is 6.66. The molecule has 0 aliphatic carbocycles. The van der Waals surface area contributed by atoms with E-state index in [2.05, 4.69) is 9.97 Å². The SMILES string of the molecule is Cc1cccnc1C(=O)N1CCCC[C@H]1c1ncc(Cc2ccc(F)cc2)o1. The van der Waals surface area contributed by atoms with Gasteiger partial charge in [0.2, 0.25) is 5.89 Å². The van der Waals surface area contributed by atoms with E-state index in [1.54, 1.807) is 24.5 Å². The first-order chi connectivity index (χ1) is 13.6. The number of oxazole rings is 1. The molecule has 0 spiro atoms. The number of aryl methyl sites for hydroxylation is 1. The van der Waals surface area contributed by atoms with E-state index < -0.39 is 0 Å². The maximum absolute atomic E-state index is 13.1. The molecule has 1 aromatic carbocycles. The number of halogens is 1. The molecule has 144 valence electrons. The Morgan fingerprint density at radius 3 is 2.82 bits per heavy atom.